The van der Waals surface area contributed by atoms with Gasteiger partial charge in [-0.05, 0) is 55.0 Å². The maximum absolute atomic E-state index is 11.9. The normalized spacial score (nSPS) is 10.1. The Hall–Kier alpha value is -1.63. The molecule has 2 N–H and O–H groups in total. The molecule has 1 heterocycles. The number of pyridine rings is 1. The van der Waals surface area contributed by atoms with E-state index in [4.69, 9.17) is 23.8 Å². The van der Waals surface area contributed by atoms with Crippen LogP contribution in [0.4, 0.5) is 5.82 Å². The number of thiocarbonyl (C=S) groups is 1. The summed E-state index contributed by atoms with van der Waals surface area (Å²) in [7, 11) is 0. The van der Waals surface area contributed by atoms with Crippen molar-refractivity contribution in [3.05, 3.63) is 53.2 Å². The van der Waals surface area contributed by atoms with E-state index in [1.165, 1.54) is 11.8 Å². The van der Waals surface area contributed by atoms with Crippen LogP contribution in [0.5, 0.6) is 0 Å². The second-order valence-electron chi connectivity index (χ2n) is 4.41. The third kappa shape index (κ3) is 5.29. The molecule has 1 amide bonds. The molecule has 114 valence electrons. The number of aromatic nitrogens is 1. The largest absolute Gasteiger partial charge is 0.317 e. The Morgan fingerprint density at radius 1 is 1.32 bits per heavy atom. The quantitative estimate of drug-likeness (QED) is 0.650. The number of hydrogen-bond donors (Lipinski definition) is 2. The van der Waals surface area contributed by atoms with Gasteiger partial charge in [-0.25, -0.2) is 4.98 Å². The molecule has 0 aliphatic rings. The van der Waals surface area contributed by atoms with E-state index in [-0.39, 0.29) is 16.8 Å². The maximum Gasteiger partial charge on any atom is 0.236 e. The molecule has 0 saturated carbocycles. The molecule has 0 fully saturated rings. The van der Waals surface area contributed by atoms with Gasteiger partial charge >= 0.3 is 0 Å². The molecular formula is C15H14ClN3OS2. The maximum atomic E-state index is 11.9. The summed E-state index contributed by atoms with van der Waals surface area (Å²) >= 11 is 12.3. The monoisotopic (exact) mass is 351 g/mol. The number of hydrogen-bond acceptors (Lipinski definition) is 4. The fourth-order valence-electron chi connectivity index (χ4n) is 1.60. The summed E-state index contributed by atoms with van der Waals surface area (Å²) in [5.41, 5.74) is 0.953. The Bertz CT molecular complexity index is 677. The number of rotatable bonds is 4. The first-order valence-electron chi connectivity index (χ1n) is 6.45. The van der Waals surface area contributed by atoms with E-state index in [0.29, 0.717) is 10.8 Å². The summed E-state index contributed by atoms with van der Waals surface area (Å²) in [6, 6.07) is 11.1. The summed E-state index contributed by atoms with van der Waals surface area (Å²) < 4.78 is 0. The summed E-state index contributed by atoms with van der Waals surface area (Å²) in [5, 5.41) is 6.45. The van der Waals surface area contributed by atoms with Gasteiger partial charge in [-0.2, -0.15) is 0 Å². The van der Waals surface area contributed by atoms with Crippen LogP contribution in [-0.4, -0.2) is 21.8 Å². The van der Waals surface area contributed by atoms with Crippen molar-refractivity contribution in [3.63, 3.8) is 0 Å². The fourth-order valence-corrected chi connectivity index (χ4v) is 2.63. The minimum atomic E-state index is -0.175. The third-order valence-corrected chi connectivity index (χ3v) is 4.15. The molecule has 0 radical (unpaired) electrons. The lowest BCUT2D eigenvalue weighted by Gasteiger charge is -2.10. The van der Waals surface area contributed by atoms with Crippen molar-refractivity contribution < 1.29 is 4.79 Å². The topological polar surface area (TPSA) is 54.0 Å². The van der Waals surface area contributed by atoms with Crippen molar-refractivity contribution in [1.82, 2.24) is 10.3 Å². The van der Waals surface area contributed by atoms with Gasteiger partial charge in [0.1, 0.15) is 5.82 Å². The zero-order valence-electron chi connectivity index (χ0n) is 11.8. The summed E-state index contributed by atoms with van der Waals surface area (Å²) in [5.74, 6) is 0.731. The number of halogens is 1. The Morgan fingerprint density at radius 2 is 2.05 bits per heavy atom. The van der Waals surface area contributed by atoms with Crippen molar-refractivity contribution in [1.29, 1.82) is 0 Å². The standard InChI is InChI=1S/C15H14ClN3OS2/c1-10-3-2-8-17-14(10)19-15(21)18-13(20)9-22-12-6-4-11(16)5-7-12/h2-8H,9H2,1H3,(H2,17,18,19,20,21). The van der Waals surface area contributed by atoms with Crippen molar-refractivity contribution >= 4 is 52.4 Å². The average Bonchev–Trinajstić information content (AvgIpc) is 2.49. The second-order valence-corrected chi connectivity index (χ2v) is 6.31. The van der Waals surface area contributed by atoms with Crippen molar-refractivity contribution in [2.45, 2.75) is 11.8 Å². The third-order valence-electron chi connectivity index (χ3n) is 2.68. The molecule has 7 heteroatoms. The zero-order valence-corrected chi connectivity index (χ0v) is 14.2. The van der Waals surface area contributed by atoms with Gasteiger partial charge in [0, 0.05) is 16.1 Å². The lowest BCUT2D eigenvalue weighted by Crippen LogP contribution is -2.35. The van der Waals surface area contributed by atoms with Gasteiger partial charge in [0.05, 0.1) is 5.75 Å². The molecule has 1 aromatic heterocycles. The number of carbonyl (C=O) groups is 1. The summed E-state index contributed by atoms with van der Waals surface area (Å²) in [4.78, 5) is 17.0. The smallest absolute Gasteiger partial charge is 0.236 e. The second kappa shape index (κ2) is 8.12. The molecular weight excluding hydrogens is 338 g/mol. The van der Waals surface area contributed by atoms with Gasteiger partial charge in [-0.1, -0.05) is 17.7 Å². The van der Waals surface area contributed by atoms with Gasteiger partial charge in [-0.3, -0.25) is 4.79 Å². The first-order valence-corrected chi connectivity index (χ1v) is 8.22. The Balaban J connectivity index is 1.80. The summed E-state index contributed by atoms with van der Waals surface area (Å²) in [6.07, 6.45) is 1.66. The van der Waals surface area contributed by atoms with Crippen LogP contribution in [0.25, 0.3) is 0 Å². The van der Waals surface area contributed by atoms with E-state index in [1.807, 2.05) is 31.2 Å². The van der Waals surface area contributed by atoms with Crippen molar-refractivity contribution in [3.8, 4) is 0 Å². The van der Waals surface area contributed by atoms with Crippen LogP contribution in [0, 0.1) is 6.92 Å². The number of anilines is 1. The number of aryl methyl sites for hydroxylation is 1. The summed E-state index contributed by atoms with van der Waals surface area (Å²) in [6.45, 7) is 1.91. The molecule has 4 nitrogen and oxygen atoms in total. The Kier molecular flexibility index (Phi) is 6.18. The highest BCUT2D eigenvalue weighted by Crippen LogP contribution is 2.19. The molecule has 0 aliphatic carbocycles. The van der Waals surface area contributed by atoms with E-state index >= 15 is 0 Å². The molecule has 2 aromatic rings. The number of nitrogens with zero attached hydrogens (tertiary/aromatic N) is 1. The van der Waals surface area contributed by atoms with E-state index in [1.54, 1.807) is 18.3 Å². The van der Waals surface area contributed by atoms with Gasteiger partial charge in [0.25, 0.3) is 0 Å². The predicted molar refractivity (Wildman–Crippen MR) is 95.5 cm³/mol. The molecule has 0 bridgehead atoms. The van der Waals surface area contributed by atoms with Gasteiger partial charge in [0.2, 0.25) is 5.91 Å². The minimum Gasteiger partial charge on any atom is -0.317 e. The van der Waals surface area contributed by atoms with Crippen LogP contribution in [0.15, 0.2) is 47.5 Å². The zero-order chi connectivity index (χ0) is 15.9. The highest BCUT2D eigenvalue weighted by molar-refractivity contribution is 8.00. The van der Waals surface area contributed by atoms with Crippen molar-refractivity contribution in [2.24, 2.45) is 0 Å². The minimum absolute atomic E-state index is 0.175. The molecule has 0 aliphatic heterocycles. The van der Waals surface area contributed by atoms with E-state index in [2.05, 4.69) is 15.6 Å². The molecule has 0 unspecified atom stereocenters. The molecule has 2 rings (SSSR count). The number of benzene rings is 1. The lowest BCUT2D eigenvalue weighted by atomic mass is 10.3. The van der Waals surface area contributed by atoms with Crippen LogP contribution in [0.1, 0.15) is 5.56 Å². The highest BCUT2D eigenvalue weighted by Gasteiger charge is 2.07. The van der Waals surface area contributed by atoms with Crippen LogP contribution in [0.2, 0.25) is 5.02 Å². The molecule has 1 aromatic carbocycles. The van der Waals surface area contributed by atoms with Gasteiger partial charge in [0.15, 0.2) is 5.11 Å². The lowest BCUT2D eigenvalue weighted by molar-refractivity contribution is -0.117. The first kappa shape index (κ1) is 16.7. The number of amides is 1. The highest BCUT2D eigenvalue weighted by atomic mass is 35.5. The van der Waals surface area contributed by atoms with Crippen LogP contribution in [0.3, 0.4) is 0 Å². The predicted octanol–water partition coefficient (Wildman–Crippen LogP) is 3.65. The van der Waals surface area contributed by atoms with E-state index in [9.17, 15) is 4.79 Å². The molecule has 0 spiro atoms. The van der Waals surface area contributed by atoms with E-state index < -0.39 is 0 Å². The number of nitrogens with one attached hydrogen (secondary N) is 2. The molecule has 0 saturated heterocycles. The SMILES string of the molecule is Cc1cccnc1NC(=S)NC(=O)CSc1ccc(Cl)cc1. The number of thioether (sulfide) groups is 1. The average molecular weight is 352 g/mol. The molecule has 0 atom stereocenters. The van der Waals surface area contributed by atoms with Crippen LogP contribution in [-0.2, 0) is 4.79 Å². The van der Waals surface area contributed by atoms with Crippen LogP contribution < -0.4 is 10.6 Å². The first-order chi connectivity index (χ1) is 10.5. The fraction of sp³-hybridized carbons (Fsp3) is 0.133. The van der Waals surface area contributed by atoms with Gasteiger partial charge < -0.3 is 10.6 Å². The van der Waals surface area contributed by atoms with Crippen LogP contribution >= 0.6 is 35.6 Å². The Morgan fingerprint density at radius 3 is 2.73 bits per heavy atom. The Labute approximate surface area is 143 Å². The number of carbonyl (C=O) groups excluding carboxylic acids is 1. The van der Waals surface area contributed by atoms with E-state index in [0.717, 1.165) is 10.5 Å². The van der Waals surface area contributed by atoms with Crippen molar-refractivity contribution in [2.75, 3.05) is 11.1 Å². The molecule has 22 heavy (non-hydrogen) atoms. The van der Waals surface area contributed by atoms with Gasteiger partial charge in [-0.15, -0.1) is 11.8 Å².